The summed E-state index contributed by atoms with van der Waals surface area (Å²) in [5.41, 5.74) is 2.50. The van der Waals surface area contributed by atoms with E-state index in [0.29, 0.717) is 19.6 Å². The number of hydrogen-bond donors (Lipinski definition) is 0. The molecule has 1 aliphatic rings. The molecule has 2 aromatic rings. The highest BCUT2D eigenvalue weighted by Crippen LogP contribution is 2.13. The van der Waals surface area contributed by atoms with Crippen LogP contribution in [0.2, 0.25) is 0 Å². The van der Waals surface area contributed by atoms with Crippen LogP contribution in [0.5, 0.6) is 0 Å². The second-order valence-electron chi connectivity index (χ2n) is 6.84. The largest absolute Gasteiger partial charge is 0.375 e. The highest BCUT2D eigenvalue weighted by atomic mass is 16.5. The van der Waals surface area contributed by atoms with Crippen molar-refractivity contribution >= 4 is 5.91 Å². The van der Waals surface area contributed by atoms with Crippen LogP contribution in [0.1, 0.15) is 17.5 Å². The Bertz CT molecular complexity index is 678. The minimum Gasteiger partial charge on any atom is -0.375 e. The van der Waals surface area contributed by atoms with E-state index in [1.165, 1.54) is 11.1 Å². The van der Waals surface area contributed by atoms with E-state index in [1.807, 2.05) is 25.2 Å². The quantitative estimate of drug-likeness (QED) is 0.767. The van der Waals surface area contributed by atoms with Crippen molar-refractivity contribution in [3.05, 3.63) is 66.0 Å². The van der Waals surface area contributed by atoms with Crippen LogP contribution < -0.4 is 0 Å². The Morgan fingerprint density at radius 2 is 1.96 bits per heavy atom. The van der Waals surface area contributed by atoms with Gasteiger partial charge in [-0.15, -0.1) is 0 Å². The van der Waals surface area contributed by atoms with Gasteiger partial charge in [-0.25, -0.2) is 0 Å². The lowest BCUT2D eigenvalue weighted by Gasteiger charge is -2.33. The van der Waals surface area contributed by atoms with Gasteiger partial charge in [0.2, 0.25) is 5.91 Å². The number of hydrogen-bond acceptors (Lipinski definition) is 4. The third kappa shape index (κ3) is 5.64. The Labute approximate surface area is 155 Å². The molecule has 1 atom stereocenters. The van der Waals surface area contributed by atoms with E-state index >= 15 is 0 Å². The van der Waals surface area contributed by atoms with Crippen LogP contribution in [0.15, 0.2) is 54.9 Å². The monoisotopic (exact) mass is 353 g/mol. The van der Waals surface area contributed by atoms with E-state index in [9.17, 15) is 4.79 Å². The first-order chi connectivity index (χ1) is 12.7. The number of ether oxygens (including phenoxy) is 1. The summed E-state index contributed by atoms with van der Waals surface area (Å²) in [6.07, 6.45) is 4.83. The molecule has 0 unspecified atom stereocenters. The minimum atomic E-state index is -0.0247. The first-order valence-corrected chi connectivity index (χ1v) is 9.21. The first kappa shape index (κ1) is 18.5. The standard InChI is InChI=1S/C21H27N3O2/c1-23(12-9-18-7-10-22-11-8-18)21(25)15-20-17-24(13-14-26-20)16-19-5-3-2-4-6-19/h2-8,10-11,20H,9,12-17H2,1H3/t20-/m1/s1. The van der Waals surface area contributed by atoms with Gasteiger partial charge in [0.25, 0.3) is 0 Å². The summed E-state index contributed by atoms with van der Waals surface area (Å²) >= 11 is 0. The van der Waals surface area contributed by atoms with Crippen molar-refractivity contribution in [1.82, 2.24) is 14.8 Å². The van der Waals surface area contributed by atoms with Crippen molar-refractivity contribution in [2.45, 2.75) is 25.5 Å². The maximum absolute atomic E-state index is 12.5. The van der Waals surface area contributed by atoms with Crippen LogP contribution in [0.25, 0.3) is 0 Å². The molecular weight excluding hydrogens is 326 g/mol. The second-order valence-corrected chi connectivity index (χ2v) is 6.84. The highest BCUT2D eigenvalue weighted by Gasteiger charge is 2.24. The molecule has 5 heteroatoms. The van der Waals surface area contributed by atoms with Crippen molar-refractivity contribution in [2.24, 2.45) is 0 Å². The summed E-state index contributed by atoms with van der Waals surface area (Å²) < 4.78 is 5.83. The Balaban J connectivity index is 1.44. The fraction of sp³-hybridized carbons (Fsp3) is 0.429. The third-order valence-corrected chi connectivity index (χ3v) is 4.79. The van der Waals surface area contributed by atoms with Crippen molar-refractivity contribution in [3.8, 4) is 0 Å². The molecule has 0 spiro atoms. The Morgan fingerprint density at radius 1 is 1.19 bits per heavy atom. The minimum absolute atomic E-state index is 0.0247. The molecule has 0 N–H and O–H groups in total. The normalized spacial score (nSPS) is 17.8. The number of likely N-dealkylation sites (N-methyl/N-ethyl adjacent to an activating group) is 1. The number of aromatic nitrogens is 1. The van der Waals surface area contributed by atoms with Crippen molar-refractivity contribution in [2.75, 3.05) is 33.3 Å². The molecule has 0 bridgehead atoms. The fourth-order valence-electron chi connectivity index (χ4n) is 3.21. The number of amides is 1. The zero-order valence-electron chi connectivity index (χ0n) is 15.4. The molecule has 1 aromatic heterocycles. The van der Waals surface area contributed by atoms with Gasteiger partial charge in [0.1, 0.15) is 0 Å². The van der Waals surface area contributed by atoms with E-state index in [-0.39, 0.29) is 12.0 Å². The van der Waals surface area contributed by atoms with E-state index < -0.39 is 0 Å². The lowest BCUT2D eigenvalue weighted by molar-refractivity contribution is -0.135. The van der Waals surface area contributed by atoms with E-state index in [2.05, 4.69) is 34.1 Å². The summed E-state index contributed by atoms with van der Waals surface area (Å²) in [4.78, 5) is 20.7. The number of carbonyl (C=O) groups excluding carboxylic acids is 1. The van der Waals surface area contributed by atoms with Gasteiger partial charge in [0.05, 0.1) is 19.1 Å². The number of benzene rings is 1. The maximum atomic E-state index is 12.5. The molecule has 1 fully saturated rings. The molecular formula is C21H27N3O2. The van der Waals surface area contributed by atoms with Crippen LogP contribution in [-0.4, -0.2) is 60.1 Å². The highest BCUT2D eigenvalue weighted by molar-refractivity contribution is 5.76. The lowest BCUT2D eigenvalue weighted by atomic mass is 10.1. The van der Waals surface area contributed by atoms with Gasteiger partial charge >= 0.3 is 0 Å². The van der Waals surface area contributed by atoms with Crippen molar-refractivity contribution in [3.63, 3.8) is 0 Å². The van der Waals surface area contributed by atoms with E-state index in [4.69, 9.17) is 4.74 Å². The molecule has 0 aliphatic carbocycles. The van der Waals surface area contributed by atoms with Crippen LogP contribution in [0.3, 0.4) is 0 Å². The molecule has 1 amide bonds. The Morgan fingerprint density at radius 3 is 2.73 bits per heavy atom. The number of rotatable bonds is 7. The van der Waals surface area contributed by atoms with Gasteiger partial charge in [-0.1, -0.05) is 30.3 Å². The smallest absolute Gasteiger partial charge is 0.224 e. The molecule has 1 aromatic carbocycles. The summed E-state index contributed by atoms with van der Waals surface area (Å²) in [7, 11) is 1.87. The summed E-state index contributed by atoms with van der Waals surface area (Å²) in [5.74, 6) is 0.144. The van der Waals surface area contributed by atoms with Crippen LogP contribution in [0.4, 0.5) is 0 Å². The Hall–Kier alpha value is -2.24. The van der Waals surface area contributed by atoms with Crippen LogP contribution in [0, 0.1) is 0 Å². The van der Waals surface area contributed by atoms with E-state index in [1.54, 1.807) is 17.3 Å². The molecule has 3 rings (SSSR count). The molecule has 2 heterocycles. The van der Waals surface area contributed by atoms with Crippen LogP contribution in [-0.2, 0) is 22.5 Å². The molecule has 1 aliphatic heterocycles. The SMILES string of the molecule is CN(CCc1ccncc1)C(=O)C[C@@H]1CN(Cc2ccccc2)CCO1. The molecule has 5 nitrogen and oxygen atoms in total. The van der Waals surface area contributed by atoms with Gasteiger partial charge in [-0.2, -0.15) is 0 Å². The average molecular weight is 353 g/mol. The fourth-order valence-corrected chi connectivity index (χ4v) is 3.21. The third-order valence-electron chi connectivity index (χ3n) is 4.79. The summed E-state index contributed by atoms with van der Waals surface area (Å²) in [6, 6.07) is 14.4. The maximum Gasteiger partial charge on any atom is 0.224 e. The summed E-state index contributed by atoms with van der Waals surface area (Å²) in [5, 5.41) is 0. The van der Waals surface area contributed by atoms with Gasteiger partial charge in [-0.05, 0) is 29.7 Å². The van der Waals surface area contributed by atoms with Crippen molar-refractivity contribution in [1.29, 1.82) is 0 Å². The number of nitrogens with zero attached hydrogens (tertiary/aromatic N) is 3. The topological polar surface area (TPSA) is 45.7 Å². The van der Waals surface area contributed by atoms with Gasteiger partial charge in [0.15, 0.2) is 0 Å². The number of morpholine rings is 1. The van der Waals surface area contributed by atoms with Gasteiger partial charge in [0, 0.05) is 45.6 Å². The molecule has 138 valence electrons. The van der Waals surface area contributed by atoms with Crippen molar-refractivity contribution < 1.29 is 9.53 Å². The van der Waals surface area contributed by atoms with Crippen LogP contribution >= 0.6 is 0 Å². The molecule has 0 saturated carbocycles. The Kier molecular flexibility index (Phi) is 6.75. The predicted molar refractivity (Wildman–Crippen MR) is 102 cm³/mol. The average Bonchev–Trinajstić information content (AvgIpc) is 2.68. The molecule has 26 heavy (non-hydrogen) atoms. The number of carbonyl (C=O) groups is 1. The number of pyridine rings is 1. The zero-order chi connectivity index (χ0) is 18.2. The molecule has 0 radical (unpaired) electrons. The van der Waals surface area contributed by atoms with Gasteiger partial charge < -0.3 is 9.64 Å². The molecule has 1 saturated heterocycles. The predicted octanol–water partition coefficient (Wildman–Crippen LogP) is 2.37. The van der Waals surface area contributed by atoms with Gasteiger partial charge in [-0.3, -0.25) is 14.7 Å². The van der Waals surface area contributed by atoms with E-state index in [0.717, 1.165) is 26.1 Å². The first-order valence-electron chi connectivity index (χ1n) is 9.21. The lowest BCUT2D eigenvalue weighted by Crippen LogP contribution is -2.44. The summed E-state index contributed by atoms with van der Waals surface area (Å²) in [6.45, 7) is 4.03. The zero-order valence-corrected chi connectivity index (χ0v) is 15.4. The second kappa shape index (κ2) is 9.46.